The molecule has 3 aromatic carbocycles. The largest absolute Gasteiger partial charge is 0.329 e. The number of anilines is 1. The Morgan fingerprint density at radius 3 is 2.16 bits per heavy atom. The fourth-order valence-electron chi connectivity index (χ4n) is 5.07. The molecule has 0 radical (unpaired) electrons. The summed E-state index contributed by atoms with van der Waals surface area (Å²) in [6, 6.07) is 19.6. The monoisotopic (exact) mass is 521 g/mol. The summed E-state index contributed by atoms with van der Waals surface area (Å²) in [6.07, 6.45) is 2.95. The van der Waals surface area contributed by atoms with Gasteiger partial charge in [-0.15, -0.1) is 0 Å². The number of nitrogens with zero attached hydrogens (tertiary/aromatic N) is 1. The smallest absolute Gasteiger partial charge is 0.254 e. The van der Waals surface area contributed by atoms with Gasteiger partial charge in [0, 0.05) is 30.3 Å². The predicted molar refractivity (Wildman–Crippen MR) is 138 cm³/mol. The Balaban J connectivity index is 1.32. The number of likely N-dealkylation sites (N-methyl/N-ethyl adjacent to an activating group) is 1. The molecule has 0 saturated heterocycles. The van der Waals surface area contributed by atoms with Gasteiger partial charge >= 0.3 is 0 Å². The van der Waals surface area contributed by atoms with Gasteiger partial charge in [0.05, 0.1) is 4.90 Å². The highest BCUT2D eigenvalue weighted by Crippen LogP contribution is 2.57. The fraction of sp³-hybridized carbons (Fsp3) is 0.286. The third-order valence-electron chi connectivity index (χ3n) is 7.27. The molecule has 6 rings (SSSR count). The summed E-state index contributed by atoms with van der Waals surface area (Å²) in [5, 5.41) is 2.81. The van der Waals surface area contributed by atoms with Crippen LogP contribution in [0.15, 0.2) is 83.8 Å². The number of benzene rings is 3. The van der Waals surface area contributed by atoms with Gasteiger partial charge in [-0.25, -0.2) is 17.5 Å². The normalized spacial score (nSPS) is 20.8. The first-order valence-electron chi connectivity index (χ1n) is 12.2. The Morgan fingerprint density at radius 2 is 1.59 bits per heavy atom. The third-order valence-corrected chi connectivity index (χ3v) is 8.87. The molecular weight excluding hydrogens is 493 g/mol. The number of carbonyl (C=O) groups is 2. The van der Waals surface area contributed by atoms with Crippen LogP contribution < -0.4 is 10.0 Å². The standard InChI is InChI=1S/C28H28FN3O4S/c1-32(27(34)21-7-9-22(29)10-8-21)25(15-19-5-3-2-4-6-19)26(33)30-23-11-13-24(14-12-23)37(35,36)31-28-16-20(17-28)18-28/h2-14,20,25,31H,15-18H2,1H3,(H,30,33)/t20?,25-,28?/m0/s1. The van der Waals surface area contributed by atoms with Gasteiger partial charge in [0.1, 0.15) is 11.9 Å². The molecule has 3 saturated carbocycles. The van der Waals surface area contributed by atoms with Crippen molar-refractivity contribution in [3.05, 3.63) is 95.8 Å². The highest BCUT2D eigenvalue weighted by atomic mass is 32.2. The highest BCUT2D eigenvalue weighted by molar-refractivity contribution is 7.89. The van der Waals surface area contributed by atoms with E-state index in [2.05, 4.69) is 10.0 Å². The molecule has 9 heteroatoms. The summed E-state index contributed by atoms with van der Waals surface area (Å²) in [4.78, 5) is 27.9. The average Bonchev–Trinajstić information content (AvgIpc) is 2.85. The van der Waals surface area contributed by atoms with Crippen molar-refractivity contribution in [3.63, 3.8) is 0 Å². The van der Waals surface area contributed by atoms with Crippen LogP contribution in [0.3, 0.4) is 0 Å². The number of amides is 2. The van der Waals surface area contributed by atoms with Gasteiger partial charge in [-0.1, -0.05) is 30.3 Å². The van der Waals surface area contributed by atoms with E-state index in [9.17, 15) is 22.4 Å². The molecule has 0 heterocycles. The van der Waals surface area contributed by atoms with Gasteiger partial charge in [0.25, 0.3) is 5.91 Å². The first-order chi connectivity index (χ1) is 17.6. The lowest BCUT2D eigenvalue weighted by Crippen LogP contribution is -2.67. The van der Waals surface area contributed by atoms with Crippen LogP contribution >= 0.6 is 0 Å². The van der Waals surface area contributed by atoms with Crippen LogP contribution in [0.5, 0.6) is 0 Å². The summed E-state index contributed by atoms with van der Waals surface area (Å²) >= 11 is 0. The van der Waals surface area contributed by atoms with E-state index >= 15 is 0 Å². The Bertz CT molecular complexity index is 1390. The number of carbonyl (C=O) groups excluding carboxylic acids is 2. The van der Waals surface area contributed by atoms with Gasteiger partial charge < -0.3 is 10.2 Å². The molecule has 3 aliphatic carbocycles. The molecule has 192 valence electrons. The zero-order chi connectivity index (χ0) is 26.2. The average molecular weight is 522 g/mol. The van der Waals surface area contributed by atoms with Crippen molar-refractivity contribution in [2.24, 2.45) is 5.92 Å². The van der Waals surface area contributed by atoms with Crippen LogP contribution in [0.4, 0.5) is 10.1 Å². The molecule has 37 heavy (non-hydrogen) atoms. The third kappa shape index (κ3) is 5.28. The van der Waals surface area contributed by atoms with Gasteiger partial charge in [-0.3, -0.25) is 9.59 Å². The van der Waals surface area contributed by atoms with Crippen LogP contribution in [0.25, 0.3) is 0 Å². The molecule has 2 amide bonds. The van der Waals surface area contributed by atoms with Crippen molar-refractivity contribution < 1.29 is 22.4 Å². The molecule has 0 aromatic heterocycles. The second-order valence-electron chi connectivity index (χ2n) is 10.0. The van der Waals surface area contributed by atoms with E-state index in [1.54, 1.807) is 0 Å². The molecule has 3 aliphatic rings. The first kappa shape index (κ1) is 25.1. The molecular formula is C28H28FN3O4S. The Kier molecular flexibility index (Phi) is 6.59. The maximum atomic E-state index is 13.4. The summed E-state index contributed by atoms with van der Waals surface area (Å²) in [7, 11) is -2.11. The van der Waals surface area contributed by atoms with Crippen LogP contribution in [0.2, 0.25) is 0 Å². The molecule has 1 atom stereocenters. The Hall–Kier alpha value is -3.56. The van der Waals surface area contributed by atoms with E-state index in [4.69, 9.17) is 0 Å². The predicted octanol–water partition coefficient (Wildman–Crippen LogP) is 3.98. The molecule has 3 fully saturated rings. The van der Waals surface area contributed by atoms with Gasteiger partial charge in [-0.05, 0) is 79.3 Å². The van der Waals surface area contributed by atoms with Gasteiger partial charge in [-0.2, -0.15) is 0 Å². The number of nitrogens with one attached hydrogen (secondary N) is 2. The highest BCUT2D eigenvalue weighted by Gasteiger charge is 2.58. The van der Waals surface area contributed by atoms with Gasteiger partial charge in [0.2, 0.25) is 15.9 Å². The lowest BCUT2D eigenvalue weighted by atomic mass is 9.50. The number of halogens is 1. The minimum Gasteiger partial charge on any atom is -0.329 e. The minimum atomic E-state index is -3.64. The minimum absolute atomic E-state index is 0.139. The van der Waals surface area contributed by atoms with Crippen molar-refractivity contribution in [1.82, 2.24) is 9.62 Å². The topological polar surface area (TPSA) is 95.6 Å². The number of hydrogen-bond acceptors (Lipinski definition) is 4. The van der Waals surface area contributed by atoms with Crippen LogP contribution in [-0.2, 0) is 21.2 Å². The number of sulfonamides is 1. The van der Waals surface area contributed by atoms with E-state index in [1.165, 1.54) is 60.5 Å². The van der Waals surface area contributed by atoms with E-state index < -0.39 is 33.7 Å². The quantitative estimate of drug-likeness (QED) is 0.445. The maximum absolute atomic E-state index is 13.4. The van der Waals surface area contributed by atoms with E-state index in [0.29, 0.717) is 11.6 Å². The molecule has 0 unspecified atom stereocenters. The zero-order valence-electron chi connectivity index (χ0n) is 20.4. The summed E-state index contributed by atoms with van der Waals surface area (Å²) in [5.41, 5.74) is 1.26. The Morgan fingerprint density at radius 1 is 0.973 bits per heavy atom. The van der Waals surface area contributed by atoms with Crippen LogP contribution in [-0.4, -0.2) is 43.8 Å². The summed E-state index contributed by atoms with van der Waals surface area (Å²) in [6.45, 7) is 0. The zero-order valence-corrected chi connectivity index (χ0v) is 21.2. The van der Waals surface area contributed by atoms with Crippen molar-refractivity contribution >= 4 is 27.5 Å². The molecule has 3 aromatic rings. The molecule has 2 N–H and O–H groups in total. The second-order valence-corrected chi connectivity index (χ2v) is 11.7. The van der Waals surface area contributed by atoms with E-state index in [1.807, 2.05) is 30.3 Å². The van der Waals surface area contributed by atoms with Crippen LogP contribution in [0, 0.1) is 11.7 Å². The second kappa shape index (κ2) is 9.72. The lowest BCUT2D eigenvalue weighted by Gasteiger charge is -2.61. The molecule has 0 spiro atoms. The SMILES string of the molecule is CN(C(=O)c1ccc(F)cc1)[C@@H](Cc1ccccc1)C(=O)Nc1ccc(S(=O)(=O)NC23CC(C2)C3)cc1. The molecule has 7 nitrogen and oxygen atoms in total. The summed E-state index contributed by atoms with van der Waals surface area (Å²) < 4.78 is 41.7. The van der Waals surface area contributed by atoms with E-state index in [-0.39, 0.29) is 22.4 Å². The number of hydrogen-bond donors (Lipinski definition) is 2. The first-order valence-corrected chi connectivity index (χ1v) is 13.6. The van der Waals surface area contributed by atoms with Crippen molar-refractivity contribution in [1.29, 1.82) is 0 Å². The van der Waals surface area contributed by atoms with E-state index in [0.717, 1.165) is 24.8 Å². The van der Waals surface area contributed by atoms with Crippen molar-refractivity contribution in [2.45, 2.75) is 42.2 Å². The van der Waals surface area contributed by atoms with Crippen molar-refractivity contribution in [2.75, 3.05) is 12.4 Å². The lowest BCUT2D eigenvalue weighted by molar-refractivity contribution is -0.120. The molecule has 0 aliphatic heterocycles. The maximum Gasteiger partial charge on any atom is 0.254 e. The van der Waals surface area contributed by atoms with Crippen molar-refractivity contribution in [3.8, 4) is 0 Å². The molecule has 2 bridgehead atoms. The Labute approximate surface area is 215 Å². The number of rotatable bonds is 9. The van der Waals surface area contributed by atoms with Gasteiger partial charge in [0.15, 0.2) is 0 Å². The summed E-state index contributed by atoms with van der Waals surface area (Å²) in [5.74, 6) is -0.651. The van der Waals surface area contributed by atoms with Crippen LogP contribution in [0.1, 0.15) is 35.2 Å². The fourth-order valence-corrected chi connectivity index (χ4v) is 6.50.